The van der Waals surface area contributed by atoms with E-state index in [0.717, 1.165) is 38.0 Å². The molecule has 1 N–H and O–H groups in total. The predicted molar refractivity (Wildman–Crippen MR) is 124 cm³/mol. The molecule has 7 heteroatoms. The summed E-state index contributed by atoms with van der Waals surface area (Å²) < 4.78 is 4.99. The SMILES string of the molecule is CCN(CC)CCCC(C)N(CC(=O)Nc1cc(C)on1)C(=O)/C=C/c1ccccc1. The molecule has 1 aromatic carbocycles. The smallest absolute Gasteiger partial charge is 0.247 e. The molecule has 1 heterocycles. The van der Waals surface area contributed by atoms with Crippen molar-refractivity contribution in [2.24, 2.45) is 0 Å². The molecule has 0 saturated carbocycles. The molecule has 168 valence electrons. The van der Waals surface area contributed by atoms with Crippen LogP contribution in [0.25, 0.3) is 6.08 Å². The van der Waals surface area contributed by atoms with Gasteiger partial charge in [0.25, 0.3) is 0 Å². The normalized spacial score (nSPS) is 12.3. The number of hydrogen-bond acceptors (Lipinski definition) is 5. The summed E-state index contributed by atoms with van der Waals surface area (Å²) in [4.78, 5) is 29.5. The predicted octanol–water partition coefficient (Wildman–Crippen LogP) is 3.97. The summed E-state index contributed by atoms with van der Waals surface area (Å²) >= 11 is 0. The van der Waals surface area contributed by atoms with Gasteiger partial charge in [0, 0.05) is 18.2 Å². The van der Waals surface area contributed by atoms with Gasteiger partial charge < -0.3 is 19.6 Å². The minimum absolute atomic E-state index is 0.0453. The highest BCUT2D eigenvalue weighted by atomic mass is 16.5. The zero-order valence-corrected chi connectivity index (χ0v) is 19.0. The van der Waals surface area contributed by atoms with Gasteiger partial charge >= 0.3 is 0 Å². The first-order valence-corrected chi connectivity index (χ1v) is 10.9. The van der Waals surface area contributed by atoms with Crippen LogP contribution in [0.4, 0.5) is 5.82 Å². The molecule has 31 heavy (non-hydrogen) atoms. The van der Waals surface area contributed by atoms with Crippen molar-refractivity contribution in [1.29, 1.82) is 0 Å². The third-order valence-electron chi connectivity index (χ3n) is 5.23. The van der Waals surface area contributed by atoms with Crippen molar-refractivity contribution in [2.75, 3.05) is 31.5 Å². The van der Waals surface area contributed by atoms with Crippen LogP contribution in [0.15, 0.2) is 47.0 Å². The van der Waals surface area contributed by atoms with E-state index in [4.69, 9.17) is 4.52 Å². The molecule has 2 aromatic rings. The average molecular weight is 427 g/mol. The van der Waals surface area contributed by atoms with E-state index in [0.29, 0.717) is 11.6 Å². The van der Waals surface area contributed by atoms with Gasteiger partial charge in [0.15, 0.2) is 5.82 Å². The second-order valence-corrected chi connectivity index (χ2v) is 7.60. The largest absolute Gasteiger partial charge is 0.360 e. The first-order valence-electron chi connectivity index (χ1n) is 10.9. The minimum atomic E-state index is -0.301. The van der Waals surface area contributed by atoms with Crippen molar-refractivity contribution in [2.45, 2.75) is 46.6 Å². The van der Waals surface area contributed by atoms with Crippen molar-refractivity contribution in [1.82, 2.24) is 15.0 Å². The lowest BCUT2D eigenvalue weighted by Gasteiger charge is -2.28. The van der Waals surface area contributed by atoms with Gasteiger partial charge in [-0.2, -0.15) is 0 Å². The first-order chi connectivity index (χ1) is 14.9. The summed E-state index contributed by atoms with van der Waals surface area (Å²) in [5, 5.41) is 6.49. The number of nitrogens with one attached hydrogen (secondary N) is 1. The lowest BCUT2D eigenvalue weighted by molar-refractivity contribution is -0.132. The van der Waals surface area contributed by atoms with E-state index in [1.54, 1.807) is 24.0 Å². The fraction of sp³-hybridized carbons (Fsp3) is 0.458. The maximum atomic E-state index is 13.0. The Bertz CT molecular complexity index is 844. The van der Waals surface area contributed by atoms with E-state index in [1.165, 1.54) is 6.08 Å². The van der Waals surface area contributed by atoms with Crippen LogP contribution in [0.1, 0.15) is 44.9 Å². The third kappa shape index (κ3) is 8.38. The second-order valence-electron chi connectivity index (χ2n) is 7.60. The van der Waals surface area contributed by atoms with E-state index >= 15 is 0 Å². The molecule has 0 aliphatic heterocycles. The number of nitrogens with zero attached hydrogens (tertiary/aromatic N) is 3. The highest BCUT2D eigenvalue weighted by molar-refractivity contribution is 5.97. The Morgan fingerprint density at radius 3 is 2.52 bits per heavy atom. The molecule has 1 unspecified atom stereocenters. The topological polar surface area (TPSA) is 78.7 Å². The van der Waals surface area contributed by atoms with Crippen molar-refractivity contribution in [3.05, 3.63) is 53.8 Å². The summed E-state index contributed by atoms with van der Waals surface area (Å²) in [7, 11) is 0. The molecule has 0 fully saturated rings. The van der Waals surface area contributed by atoms with Crippen LogP contribution in [0, 0.1) is 6.92 Å². The van der Waals surface area contributed by atoms with Gasteiger partial charge in [-0.05, 0) is 58.0 Å². The Labute approximate surface area is 185 Å². The van der Waals surface area contributed by atoms with E-state index in [2.05, 4.69) is 29.2 Å². The number of hydrogen-bond donors (Lipinski definition) is 1. The molecule has 0 bridgehead atoms. The average Bonchev–Trinajstić information content (AvgIpc) is 3.18. The van der Waals surface area contributed by atoms with Gasteiger partial charge in [0.2, 0.25) is 11.8 Å². The molecule has 0 radical (unpaired) electrons. The summed E-state index contributed by atoms with van der Waals surface area (Å²) in [6, 6.07) is 11.2. The fourth-order valence-electron chi connectivity index (χ4n) is 3.35. The zero-order chi connectivity index (χ0) is 22.6. The molecule has 0 spiro atoms. The van der Waals surface area contributed by atoms with Gasteiger partial charge in [-0.3, -0.25) is 9.59 Å². The van der Waals surface area contributed by atoms with Crippen LogP contribution in [0.3, 0.4) is 0 Å². The van der Waals surface area contributed by atoms with Gasteiger partial charge in [-0.25, -0.2) is 0 Å². The fourth-order valence-corrected chi connectivity index (χ4v) is 3.35. The Morgan fingerprint density at radius 2 is 1.90 bits per heavy atom. The molecule has 0 saturated heterocycles. The quantitative estimate of drug-likeness (QED) is 0.520. The maximum absolute atomic E-state index is 13.0. The van der Waals surface area contributed by atoms with Crippen LogP contribution < -0.4 is 5.32 Å². The van der Waals surface area contributed by atoms with Crippen molar-refractivity contribution in [3.8, 4) is 0 Å². The van der Waals surface area contributed by atoms with Crippen LogP contribution in [-0.2, 0) is 9.59 Å². The van der Waals surface area contributed by atoms with Crippen LogP contribution in [-0.4, -0.2) is 59.0 Å². The molecule has 0 aliphatic carbocycles. The highest BCUT2D eigenvalue weighted by Gasteiger charge is 2.22. The Balaban J connectivity index is 2.04. The number of rotatable bonds is 12. The Kier molecular flexibility index (Phi) is 9.97. The summed E-state index contributed by atoms with van der Waals surface area (Å²) in [6.45, 7) is 11.0. The van der Waals surface area contributed by atoms with Gasteiger partial charge in [-0.1, -0.05) is 49.3 Å². The lowest BCUT2D eigenvalue weighted by Crippen LogP contribution is -2.43. The molecule has 1 atom stereocenters. The van der Waals surface area contributed by atoms with E-state index in [9.17, 15) is 9.59 Å². The maximum Gasteiger partial charge on any atom is 0.247 e. The summed E-state index contributed by atoms with van der Waals surface area (Å²) in [5.74, 6) is 0.471. The van der Waals surface area contributed by atoms with Crippen molar-refractivity contribution >= 4 is 23.7 Å². The second kappa shape index (κ2) is 12.7. The molecular formula is C24H34N4O3. The standard InChI is InChI=1S/C24H34N4O3/c1-5-27(6-2)16-10-11-19(3)28(18-23(29)25-22-17-20(4)31-26-22)24(30)15-14-21-12-8-7-9-13-21/h7-9,12-15,17,19H,5-6,10-11,16,18H2,1-4H3,(H,25,26,29)/b15-14+. The number of benzene rings is 1. The Hall–Kier alpha value is -2.93. The number of carbonyl (C=O) groups is 2. The minimum Gasteiger partial charge on any atom is -0.360 e. The number of amides is 2. The molecule has 7 nitrogen and oxygen atoms in total. The number of aromatic nitrogens is 1. The summed E-state index contributed by atoms with van der Waals surface area (Å²) in [6.07, 6.45) is 5.08. The molecular weight excluding hydrogens is 392 g/mol. The summed E-state index contributed by atoms with van der Waals surface area (Å²) in [5.41, 5.74) is 0.938. The molecule has 2 rings (SSSR count). The van der Waals surface area contributed by atoms with Crippen LogP contribution in [0.2, 0.25) is 0 Å². The van der Waals surface area contributed by atoms with Gasteiger partial charge in [0.05, 0.1) is 0 Å². The van der Waals surface area contributed by atoms with Crippen LogP contribution >= 0.6 is 0 Å². The van der Waals surface area contributed by atoms with Gasteiger partial charge in [0.1, 0.15) is 12.3 Å². The lowest BCUT2D eigenvalue weighted by atomic mass is 10.1. The van der Waals surface area contributed by atoms with E-state index in [-0.39, 0.29) is 24.4 Å². The number of carbonyl (C=O) groups excluding carboxylic acids is 2. The Morgan fingerprint density at radius 1 is 1.19 bits per heavy atom. The van der Waals surface area contributed by atoms with E-state index < -0.39 is 0 Å². The van der Waals surface area contributed by atoms with Crippen molar-refractivity contribution < 1.29 is 14.1 Å². The molecule has 1 aromatic heterocycles. The third-order valence-corrected chi connectivity index (χ3v) is 5.23. The highest BCUT2D eigenvalue weighted by Crippen LogP contribution is 2.12. The zero-order valence-electron chi connectivity index (χ0n) is 19.0. The van der Waals surface area contributed by atoms with Gasteiger partial charge in [-0.15, -0.1) is 0 Å². The number of aryl methyl sites for hydroxylation is 1. The van der Waals surface area contributed by atoms with E-state index in [1.807, 2.05) is 37.3 Å². The van der Waals surface area contributed by atoms with Crippen LogP contribution in [0.5, 0.6) is 0 Å². The first kappa shape index (κ1) is 24.3. The van der Waals surface area contributed by atoms with Crippen molar-refractivity contribution in [3.63, 3.8) is 0 Å². The monoisotopic (exact) mass is 426 g/mol. The molecule has 2 amide bonds. The molecule has 0 aliphatic rings. The number of anilines is 1.